The second kappa shape index (κ2) is 12.6. The molecule has 1 heterocycles. The highest BCUT2D eigenvalue weighted by Gasteiger charge is 2.22. The van der Waals surface area contributed by atoms with Crippen molar-refractivity contribution in [2.24, 2.45) is 0 Å². The SMILES string of the molecule is C#CCCC(=O)c1ccccc1-c1c2ccc(=[N+](CC)CC)cc-2oc2cc(N(CC)CC)ccc12.[Cl-]. The maximum absolute atomic E-state index is 13.2. The lowest BCUT2D eigenvalue weighted by atomic mass is 9.89. The smallest absolute Gasteiger partial charge is 0.203 e. The third-order valence-electron chi connectivity index (χ3n) is 6.94. The minimum Gasteiger partial charge on any atom is -1.00 e. The Kier molecular flexibility index (Phi) is 9.55. The van der Waals surface area contributed by atoms with Crippen LogP contribution in [-0.4, -0.2) is 32.0 Å². The van der Waals surface area contributed by atoms with Gasteiger partial charge in [-0.05, 0) is 51.5 Å². The predicted octanol–water partition coefficient (Wildman–Crippen LogP) is 3.46. The van der Waals surface area contributed by atoms with E-state index in [0.717, 1.165) is 70.6 Å². The maximum atomic E-state index is 13.2. The first-order valence-corrected chi connectivity index (χ1v) is 13.0. The van der Waals surface area contributed by atoms with Crippen LogP contribution in [0.4, 0.5) is 5.69 Å². The van der Waals surface area contributed by atoms with Crippen molar-refractivity contribution in [3.63, 3.8) is 0 Å². The Labute approximate surface area is 226 Å². The number of benzene rings is 3. The van der Waals surface area contributed by atoms with E-state index in [1.165, 1.54) is 0 Å². The summed E-state index contributed by atoms with van der Waals surface area (Å²) in [5.41, 5.74) is 5.56. The number of hydrogen-bond acceptors (Lipinski definition) is 3. The minimum absolute atomic E-state index is 0. The van der Waals surface area contributed by atoms with Gasteiger partial charge in [0.05, 0.1) is 6.07 Å². The molecule has 1 aliphatic carbocycles. The van der Waals surface area contributed by atoms with E-state index >= 15 is 0 Å². The van der Waals surface area contributed by atoms with Crippen LogP contribution in [0.15, 0.2) is 65.1 Å². The molecule has 2 aromatic carbocycles. The Morgan fingerprint density at radius 3 is 2.35 bits per heavy atom. The number of ketones is 1. The van der Waals surface area contributed by atoms with Gasteiger partial charge in [-0.3, -0.25) is 4.79 Å². The summed E-state index contributed by atoms with van der Waals surface area (Å²) in [5, 5.41) is 2.12. The van der Waals surface area contributed by atoms with Gasteiger partial charge in [0.25, 0.3) is 0 Å². The number of hydrogen-bond donors (Lipinski definition) is 0. The van der Waals surface area contributed by atoms with Gasteiger partial charge in [-0.15, -0.1) is 12.3 Å². The van der Waals surface area contributed by atoms with Crippen molar-refractivity contribution in [2.45, 2.75) is 40.5 Å². The summed E-state index contributed by atoms with van der Waals surface area (Å²) >= 11 is 0. The predicted molar refractivity (Wildman–Crippen MR) is 151 cm³/mol. The molecule has 5 heteroatoms. The average molecular weight is 515 g/mol. The molecule has 2 aromatic rings. The highest BCUT2D eigenvalue weighted by Crippen LogP contribution is 2.42. The van der Waals surface area contributed by atoms with Gasteiger partial charge in [0.15, 0.2) is 5.78 Å². The van der Waals surface area contributed by atoms with Crippen LogP contribution in [0.3, 0.4) is 0 Å². The maximum Gasteiger partial charge on any atom is 0.203 e. The molecule has 0 unspecified atom stereocenters. The van der Waals surface area contributed by atoms with Crippen molar-refractivity contribution >= 4 is 22.4 Å². The molecule has 4 nitrogen and oxygen atoms in total. The van der Waals surface area contributed by atoms with Crippen LogP contribution >= 0.6 is 0 Å². The molecule has 0 fully saturated rings. The number of halogens is 1. The summed E-state index contributed by atoms with van der Waals surface area (Å²) in [7, 11) is 0. The molecule has 37 heavy (non-hydrogen) atoms. The van der Waals surface area contributed by atoms with Crippen molar-refractivity contribution in [3.05, 3.63) is 71.6 Å². The molecule has 0 atom stereocenters. The number of nitrogens with zero attached hydrogens (tertiary/aromatic N) is 2. The van der Waals surface area contributed by atoms with Crippen LogP contribution < -0.4 is 27.2 Å². The molecular weight excluding hydrogens is 480 g/mol. The first-order chi connectivity index (χ1) is 17.6. The van der Waals surface area contributed by atoms with E-state index in [2.05, 4.69) is 79.5 Å². The monoisotopic (exact) mass is 514 g/mol. The fourth-order valence-electron chi connectivity index (χ4n) is 4.99. The molecule has 192 valence electrons. The van der Waals surface area contributed by atoms with Crippen LogP contribution in [0, 0.1) is 12.3 Å². The Balaban J connectivity index is 0.00000380. The molecule has 4 rings (SSSR count). The van der Waals surface area contributed by atoms with Gasteiger partial charge in [-0.2, -0.15) is 0 Å². The summed E-state index contributed by atoms with van der Waals surface area (Å²) in [5.74, 6) is 3.47. The largest absolute Gasteiger partial charge is 1.00 e. The summed E-state index contributed by atoms with van der Waals surface area (Å²) in [6.45, 7) is 12.3. The fraction of sp³-hybridized carbons (Fsp3) is 0.312. The highest BCUT2D eigenvalue weighted by atomic mass is 35.5. The van der Waals surface area contributed by atoms with Gasteiger partial charge in [0.2, 0.25) is 5.36 Å². The van der Waals surface area contributed by atoms with E-state index in [9.17, 15) is 4.79 Å². The Morgan fingerprint density at radius 1 is 0.946 bits per heavy atom. The summed E-state index contributed by atoms with van der Waals surface area (Å²) in [6.07, 6.45) is 6.22. The molecule has 0 amide bonds. The topological polar surface area (TPSA) is 36.5 Å². The normalized spacial score (nSPS) is 10.7. The molecule has 0 aromatic heterocycles. The number of carbonyl (C=O) groups excluding carboxylic acids is 1. The molecule has 0 radical (unpaired) electrons. The second-order valence-corrected chi connectivity index (χ2v) is 8.86. The number of anilines is 1. The second-order valence-electron chi connectivity index (χ2n) is 8.86. The lowest BCUT2D eigenvalue weighted by Gasteiger charge is -2.22. The molecule has 0 saturated carbocycles. The first kappa shape index (κ1) is 28.0. The van der Waals surface area contributed by atoms with Gasteiger partial charge in [0, 0.05) is 65.8 Å². The van der Waals surface area contributed by atoms with E-state index in [1.807, 2.05) is 24.3 Å². The Hall–Kier alpha value is -3.55. The molecule has 0 saturated heterocycles. The summed E-state index contributed by atoms with van der Waals surface area (Å²) in [6, 6.07) is 20.6. The van der Waals surface area contributed by atoms with Crippen LogP contribution in [-0.2, 0) is 0 Å². The zero-order valence-electron chi connectivity index (χ0n) is 22.2. The van der Waals surface area contributed by atoms with Crippen LogP contribution in [0.2, 0.25) is 0 Å². The van der Waals surface area contributed by atoms with E-state index < -0.39 is 0 Å². The lowest BCUT2D eigenvalue weighted by molar-refractivity contribution is -0.0000157. The molecule has 0 bridgehead atoms. The molecule has 0 N–H and O–H groups in total. The summed E-state index contributed by atoms with van der Waals surface area (Å²) in [4.78, 5) is 15.5. The van der Waals surface area contributed by atoms with Crippen molar-refractivity contribution < 1.29 is 21.6 Å². The quantitative estimate of drug-likeness (QED) is 0.148. The van der Waals surface area contributed by atoms with Crippen LogP contribution in [0.25, 0.3) is 33.4 Å². The van der Waals surface area contributed by atoms with Gasteiger partial charge in [0.1, 0.15) is 24.4 Å². The van der Waals surface area contributed by atoms with Crippen molar-refractivity contribution in [2.75, 3.05) is 31.1 Å². The minimum atomic E-state index is 0. The third-order valence-corrected chi connectivity index (χ3v) is 6.94. The molecule has 1 aliphatic heterocycles. The van der Waals surface area contributed by atoms with E-state index in [4.69, 9.17) is 10.8 Å². The third kappa shape index (κ3) is 5.58. The van der Waals surface area contributed by atoms with E-state index in [-0.39, 0.29) is 18.2 Å². The van der Waals surface area contributed by atoms with Crippen molar-refractivity contribution in [3.8, 4) is 34.8 Å². The number of Topliss-reactive ketones (excluding diaryl/α,β-unsaturated/α-hetero) is 1. The summed E-state index contributed by atoms with van der Waals surface area (Å²) < 4.78 is 8.88. The van der Waals surface area contributed by atoms with Gasteiger partial charge in [-0.1, -0.05) is 24.3 Å². The number of fused-ring (bicyclic) bond motifs is 2. The van der Waals surface area contributed by atoms with Crippen molar-refractivity contribution in [1.29, 1.82) is 0 Å². The fourth-order valence-corrected chi connectivity index (χ4v) is 4.99. The molecule has 0 spiro atoms. The average Bonchev–Trinajstić information content (AvgIpc) is 2.91. The van der Waals surface area contributed by atoms with Gasteiger partial charge >= 0.3 is 0 Å². The standard InChI is InChI=1S/C32H35N2O2.ClH/c1-6-11-16-29(35)25-14-12-13-15-26(25)32-27-19-17-23(33(7-2)8-3)21-30(27)36-31-22-24(18-20-28(31)32)34(9-4)10-5;/h1,12-15,17-22H,7-11,16H2,2-5H3;1H/q+1;/p-1. The Bertz CT molecular complexity index is 1470. The zero-order valence-corrected chi connectivity index (χ0v) is 22.9. The molecular formula is C32H35ClN2O2. The number of terminal acetylenes is 1. The van der Waals surface area contributed by atoms with E-state index in [1.54, 1.807) is 0 Å². The van der Waals surface area contributed by atoms with Gasteiger partial charge < -0.3 is 21.7 Å². The van der Waals surface area contributed by atoms with Crippen molar-refractivity contribution in [1.82, 2.24) is 4.58 Å². The highest BCUT2D eigenvalue weighted by molar-refractivity contribution is 6.10. The van der Waals surface area contributed by atoms with Crippen LogP contribution in [0.5, 0.6) is 0 Å². The van der Waals surface area contributed by atoms with Crippen LogP contribution in [0.1, 0.15) is 50.9 Å². The number of carbonyl (C=O) groups is 1. The number of rotatable bonds is 9. The zero-order chi connectivity index (χ0) is 25.7. The Morgan fingerprint density at radius 2 is 1.68 bits per heavy atom. The van der Waals surface area contributed by atoms with E-state index in [0.29, 0.717) is 18.4 Å². The first-order valence-electron chi connectivity index (χ1n) is 13.0. The van der Waals surface area contributed by atoms with Gasteiger partial charge in [-0.25, -0.2) is 4.58 Å². The molecule has 2 aliphatic rings. The lowest BCUT2D eigenvalue weighted by Crippen LogP contribution is -3.00.